The van der Waals surface area contributed by atoms with E-state index in [1.807, 2.05) is 6.92 Å². The first-order valence-electron chi connectivity index (χ1n) is 12.9. The molecule has 0 saturated carbocycles. The fourth-order valence-corrected chi connectivity index (χ4v) is 3.29. The van der Waals surface area contributed by atoms with E-state index < -0.39 is 59.1 Å². The zero-order valence-electron chi connectivity index (χ0n) is 25.0. The molecule has 0 aliphatic carbocycles. The maximum absolute atomic E-state index is 12.5. The lowest BCUT2D eigenvalue weighted by Gasteiger charge is -2.29. The van der Waals surface area contributed by atoms with Crippen LogP contribution in [0.5, 0.6) is 11.5 Å². The summed E-state index contributed by atoms with van der Waals surface area (Å²) < 4.78 is 31.5. The molecule has 0 aliphatic rings. The van der Waals surface area contributed by atoms with Crippen LogP contribution in [-0.4, -0.2) is 59.0 Å². The number of rotatable bonds is 10. The first kappa shape index (κ1) is 34.5. The number of carboxylic acids is 1. The van der Waals surface area contributed by atoms with Crippen LogP contribution in [0.4, 0.5) is 14.4 Å². The van der Waals surface area contributed by atoms with E-state index >= 15 is 0 Å². The highest BCUT2D eigenvalue weighted by atomic mass is 16.8. The Hall–Kier alpha value is -3.54. The van der Waals surface area contributed by atoms with Crippen molar-refractivity contribution in [2.24, 2.45) is 11.7 Å². The molecule has 0 bridgehead atoms. The Kier molecular flexibility index (Phi) is 11.8. The third kappa shape index (κ3) is 12.1. The number of carbonyl (C=O) groups excluding carboxylic acids is 3. The molecule has 3 atom stereocenters. The molecule has 0 spiro atoms. The van der Waals surface area contributed by atoms with E-state index in [4.69, 9.17) is 34.2 Å². The van der Waals surface area contributed by atoms with Gasteiger partial charge >= 0.3 is 24.4 Å². The minimum absolute atomic E-state index is 0.180. The Morgan fingerprint density at radius 3 is 1.77 bits per heavy atom. The Balaban J connectivity index is 3.39. The second-order valence-corrected chi connectivity index (χ2v) is 12.0. The van der Waals surface area contributed by atoms with Crippen molar-refractivity contribution in [2.45, 2.75) is 104 Å². The molecule has 0 aliphatic heterocycles. The van der Waals surface area contributed by atoms with Gasteiger partial charge in [-0.2, -0.15) is 0 Å². The van der Waals surface area contributed by atoms with Gasteiger partial charge in [0.2, 0.25) is 0 Å². The van der Waals surface area contributed by atoms with Crippen molar-refractivity contribution < 1.29 is 52.7 Å². The summed E-state index contributed by atoms with van der Waals surface area (Å²) in [7, 11) is 0. The van der Waals surface area contributed by atoms with Gasteiger partial charge in [-0.15, -0.1) is 0 Å². The van der Waals surface area contributed by atoms with Crippen LogP contribution in [0, 0.1) is 5.92 Å². The van der Waals surface area contributed by atoms with Gasteiger partial charge in [-0.3, -0.25) is 4.79 Å². The SMILES string of the molecule is CCC(C)(C)OC(=O)OCC(C)C(c1ccc(OC(=O)OC(C)(C)C)c(OC(=O)OC(C)(C)C)c1)[C@H](N)C(=O)O. The predicted octanol–water partition coefficient (Wildman–Crippen LogP) is 5.79. The Morgan fingerprint density at radius 1 is 0.825 bits per heavy atom. The topological polar surface area (TPSA) is 170 Å². The summed E-state index contributed by atoms with van der Waals surface area (Å²) in [6, 6.07) is 2.65. The van der Waals surface area contributed by atoms with Crippen molar-refractivity contribution in [3.8, 4) is 11.5 Å². The van der Waals surface area contributed by atoms with Gasteiger partial charge < -0.3 is 39.3 Å². The van der Waals surface area contributed by atoms with Crippen LogP contribution in [0.3, 0.4) is 0 Å². The van der Waals surface area contributed by atoms with E-state index in [1.54, 1.807) is 62.3 Å². The van der Waals surface area contributed by atoms with Crippen LogP contribution < -0.4 is 15.2 Å². The molecule has 0 heterocycles. The summed E-state index contributed by atoms with van der Waals surface area (Å²) in [5.74, 6) is -3.29. The zero-order chi connectivity index (χ0) is 31.1. The maximum Gasteiger partial charge on any atom is 0.514 e. The van der Waals surface area contributed by atoms with Crippen LogP contribution in [0.1, 0.15) is 87.1 Å². The van der Waals surface area contributed by atoms with Crippen molar-refractivity contribution in [3.05, 3.63) is 23.8 Å². The highest BCUT2D eigenvalue weighted by molar-refractivity contribution is 5.75. The largest absolute Gasteiger partial charge is 0.514 e. The maximum atomic E-state index is 12.5. The standard InChI is InChI=1S/C28H43NO11/c1-11-28(9,10)40-23(32)35-15-16(2)20(21(29)22(30)31)17-12-13-18(36-24(33)38-26(3,4)5)19(14-17)37-25(34)39-27(6,7)8/h12-14,16,20-21H,11,15,29H2,1-10H3,(H,30,31)/t16?,20?,21-/m0/s1. The fourth-order valence-electron chi connectivity index (χ4n) is 3.29. The van der Waals surface area contributed by atoms with Crippen molar-refractivity contribution in [3.63, 3.8) is 0 Å². The number of carbonyl (C=O) groups is 4. The summed E-state index contributed by atoms with van der Waals surface area (Å²) in [4.78, 5) is 48.9. The molecule has 2 unspecified atom stereocenters. The van der Waals surface area contributed by atoms with E-state index in [9.17, 15) is 24.3 Å². The van der Waals surface area contributed by atoms with Crippen LogP contribution in [0.25, 0.3) is 0 Å². The van der Waals surface area contributed by atoms with Gasteiger partial charge in [0, 0.05) is 5.92 Å². The van der Waals surface area contributed by atoms with Gasteiger partial charge in [-0.25, -0.2) is 14.4 Å². The monoisotopic (exact) mass is 569 g/mol. The third-order valence-corrected chi connectivity index (χ3v) is 5.48. The molecule has 1 rings (SSSR count). The summed E-state index contributed by atoms with van der Waals surface area (Å²) in [6.45, 7) is 16.6. The van der Waals surface area contributed by atoms with E-state index in [2.05, 4.69) is 0 Å². The first-order valence-corrected chi connectivity index (χ1v) is 12.9. The number of hydrogen-bond donors (Lipinski definition) is 2. The molecule has 3 N–H and O–H groups in total. The van der Waals surface area contributed by atoms with Gasteiger partial charge in [0.1, 0.15) is 22.8 Å². The number of benzene rings is 1. The van der Waals surface area contributed by atoms with Gasteiger partial charge in [0.05, 0.1) is 6.61 Å². The van der Waals surface area contributed by atoms with Gasteiger partial charge in [0.25, 0.3) is 0 Å². The number of ether oxygens (including phenoxy) is 6. The van der Waals surface area contributed by atoms with Crippen LogP contribution in [-0.2, 0) is 23.7 Å². The van der Waals surface area contributed by atoms with Crippen LogP contribution in [0.2, 0.25) is 0 Å². The second-order valence-electron chi connectivity index (χ2n) is 12.0. The molecule has 12 heteroatoms. The molecule has 12 nitrogen and oxygen atoms in total. The molecule has 1 aromatic rings. The minimum atomic E-state index is -1.44. The number of carboxylic acid groups (broad SMARTS) is 1. The molecular formula is C28H43NO11. The number of nitrogens with two attached hydrogens (primary N) is 1. The smallest absolute Gasteiger partial charge is 0.480 e. The highest BCUT2D eigenvalue weighted by Crippen LogP contribution is 2.36. The average Bonchev–Trinajstić information content (AvgIpc) is 2.76. The van der Waals surface area contributed by atoms with Crippen molar-refractivity contribution in [1.29, 1.82) is 0 Å². The highest BCUT2D eigenvalue weighted by Gasteiger charge is 2.34. The number of hydrogen-bond acceptors (Lipinski definition) is 11. The Morgan fingerprint density at radius 2 is 1.32 bits per heavy atom. The molecule has 226 valence electrons. The van der Waals surface area contributed by atoms with E-state index in [-0.39, 0.29) is 18.1 Å². The molecule has 0 amide bonds. The minimum Gasteiger partial charge on any atom is -0.480 e. The quantitative estimate of drug-likeness (QED) is 0.198. The molecule has 0 radical (unpaired) electrons. The van der Waals surface area contributed by atoms with Gasteiger partial charge in [-0.1, -0.05) is 19.9 Å². The van der Waals surface area contributed by atoms with E-state index in [1.165, 1.54) is 18.2 Å². The summed E-state index contributed by atoms with van der Waals surface area (Å²) in [6.07, 6.45) is -2.49. The summed E-state index contributed by atoms with van der Waals surface area (Å²) in [5, 5.41) is 9.70. The molecule has 40 heavy (non-hydrogen) atoms. The normalized spacial score (nSPS) is 14.3. The van der Waals surface area contributed by atoms with Crippen molar-refractivity contribution in [2.75, 3.05) is 6.61 Å². The van der Waals surface area contributed by atoms with Crippen molar-refractivity contribution in [1.82, 2.24) is 0 Å². The Labute approximate surface area is 235 Å². The van der Waals surface area contributed by atoms with E-state index in [0.29, 0.717) is 12.0 Å². The molecular weight excluding hydrogens is 526 g/mol. The lowest BCUT2D eigenvalue weighted by Crippen LogP contribution is -2.41. The van der Waals surface area contributed by atoms with Crippen LogP contribution in [0.15, 0.2) is 18.2 Å². The second kappa shape index (κ2) is 13.7. The lowest BCUT2D eigenvalue weighted by molar-refractivity contribution is -0.139. The number of aliphatic carboxylic acids is 1. The molecule has 1 aromatic carbocycles. The molecule has 0 fully saturated rings. The third-order valence-electron chi connectivity index (χ3n) is 5.48. The Bertz CT molecular complexity index is 1050. The molecule has 0 aromatic heterocycles. The summed E-state index contributed by atoms with van der Waals surface area (Å²) in [5.41, 5.74) is 3.86. The summed E-state index contributed by atoms with van der Waals surface area (Å²) >= 11 is 0. The molecule has 0 saturated heterocycles. The average molecular weight is 570 g/mol. The fraction of sp³-hybridized carbons (Fsp3) is 0.643. The first-order chi connectivity index (χ1) is 18.1. The van der Waals surface area contributed by atoms with Crippen LogP contribution >= 0.6 is 0 Å². The van der Waals surface area contributed by atoms with Gasteiger partial charge in [0.15, 0.2) is 11.5 Å². The van der Waals surface area contributed by atoms with E-state index in [0.717, 1.165) is 0 Å². The van der Waals surface area contributed by atoms with Gasteiger partial charge in [-0.05, 0) is 85.4 Å². The van der Waals surface area contributed by atoms with Crippen molar-refractivity contribution >= 4 is 24.4 Å². The zero-order valence-corrected chi connectivity index (χ0v) is 25.0. The lowest BCUT2D eigenvalue weighted by atomic mass is 9.82. The predicted molar refractivity (Wildman–Crippen MR) is 144 cm³/mol.